The molecule has 3 heteroatoms. The van der Waals surface area contributed by atoms with Crippen LogP contribution in [0.3, 0.4) is 0 Å². The lowest BCUT2D eigenvalue weighted by molar-refractivity contribution is -0.0207. The molecule has 102 valence electrons. The summed E-state index contributed by atoms with van der Waals surface area (Å²) in [5.74, 6) is 3.03. The van der Waals surface area contributed by atoms with Gasteiger partial charge in [-0.05, 0) is 84.3 Å². The zero-order chi connectivity index (χ0) is 12.9. The lowest BCUT2D eigenvalue weighted by Crippen LogP contribution is -2.58. The van der Waals surface area contributed by atoms with E-state index in [2.05, 4.69) is 38.4 Å². The first-order valence-electron chi connectivity index (χ1n) is 7.57. The largest absolute Gasteiger partial charge is 0.306 e. The zero-order valence-corrected chi connectivity index (χ0v) is 12.8. The molecule has 5 rings (SSSR count). The standard InChI is InChI=1S/C16H21BrN2/c17-15-3-1-2-14(19-15)10-18-16-7-11-4-12(8-16)6-13(5-11)9-16/h1-3,11-13,18H,4-10H2. The van der Waals surface area contributed by atoms with Gasteiger partial charge >= 0.3 is 0 Å². The van der Waals surface area contributed by atoms with E-state index in [0.29, 0.717) is 5.54 Å². The average molecular weight is 321 g/mol. The maximum atomic E-state index is 4.54. The van der Waals surface area contributed by atoms with Gasteiger partial charge in [0.2, 0.25) is 0 Å². The molecule has 0 saturated heterocycles. The molecule has 4 aliphatic carbocycles. The van der Waals surface area contributed by atoms with Gasteiger partial charge in [0, 0.05) is 12.1 Å². The third-order valence-electron chi connectivity index (χ3n) is 5.46. The Balaban J connectivity index is 1.48. The van der Waals surface area contributed by atoms with Crippen molar-refractivity contribution >= 4 is 15.9 Å². The molecular formula is C16H21BrN2. The van der Waals surface area contributed by atoms with Crippen LogP contribution < -0.4 is 5.32 Å². The van der Waals surface area contributed by atoms with Crippen molar-refractivity contribution in [2.75, 3.05) is 0 Å². The second kappa shape index (κ2) is 4.56. The second-order valence-corrected chi connectivity index (χ2v) is 7.82. The van der Waals surface area contributed by atoms with Gasteiger partial charge in [-0.3, -0.25) is 0 Å². The fourth-order valence-corrected chi connectivity index (χ4v) is 5.53. The molecule has 4 fully saturated rings. The smallest absolute Gasteiger partial charge is 0.106 e. The van der Waals surface area contributed by atoms with Gasteiger partial charge in [-0.15, -0.1) is 0 Å². The number of nitrogens with zero attached hydrogens (tertiary/aromatic N) is 1. The van der Waals surface area contributed by atoms with Crippen LogP contribution in [0.5, 0.6) is 0 Å². The summed E-state index contributed by atoms with van der Waals surface area (Å²) in [6.07, 6.45) is 8.76. The van der Waals surface area contributed by atoms with Gasteiger partial charge in [-0.1, -0.05) is 6.07 Å². The van der Waals surface area contributed by atoms with Crippen LogP contribution in [0.4, 0.5) is 0 Å². The van der Waals surface area contributed by atoms with Crippen LogP contribution >= 0.6 is 15.9 Å². The van der Waals surface area contributed by atoms with Gasteiger partial charge in [0.25, 0.3) is 0 Å². The Bertz CT molecular complexity index is 450. The zero-order valence-electron chi connectivity index (χ0n) is 11.2. The minimum absolute atomic E-state index is 0.443. The van der Waals surface area contributed by atoms with Crippen molar-refractivity contribution in [1.29, 1.82) is 0 Å². The van der Waals surface area contributed by atoms with E-state index in [4.69, 9.17) is 0 Å². The number of aromatic nitrogens is 1. The third kappa shape index (κ3) is 2.36. The SMILES string of the molecule is Brc1cccc(CNC23CC4CC(CC(C4)C2)C3)n1. The average Bonchev–Trinajstić information content (AvgIpc) is 2.35. The second-order valence-electron chi connectivity index (χ2n) is 7.00. The highest BCUT2D eigenvalue weighted by Crippen LogP contribution is 2.55. The molecule has 0 atom stereocenters. The number of hydrogen-bond acceptors (Lipinski definition) is 2. The molecule has 4 bridgehead atoms. The van der Waals surface area contributed by atoms with E-state index >= 15 is 0 Å². The number of pyridine rings is 1. The summed E-state index contributed by atoms with van der Waals surface area (Å²) in [7, 11) is 0. The van der Waals surface area contributed by atoms with E-state index in [1.807, 2.05) is 6.07 Å². The Hall–Kier alpha value is -0.410. The van der Waals surface area contributed by atoms with Gasteiger partial charge in [0.05, 0.1) is 5.69 Å². The summed E-state index contributed by atoms with van der Waals surface area (Å²) in [6, 6.07) is 6.19. The first kappa shape index (κ1) is 12.3. The van der Waals surface area contributed by atoms with E-state index < -0.39 is 0 Å². The fraction of sp³-hybridized carbons (Fsp3) is 0.688. The molecule has 19 heavy (non-hydrogen) atoms. The van der Waals surface area contributed by atoms with Gasteiger partial charge in [-0.2, -0.15) is 0 Å². The Morgan fingerprint density at radius 1 is 1.11 bits per heavy atom. The monoisotopic (exact) mass is 320 g/mol. The van der Waals surface area contributed by atoms with Crippen molar-refractivity contribution in [1.82, 2.24) is 10.3 Å². The molecule has 1 aromatic rings. The van der Waals surface area contributed by atoms with Crippen molar-refractivity contribution < 1.29 is 0 Å². The summed E-state index contributed by atoms with van der Waals surface area (Å²) >= 11 is 3.46. The van der Waals surface area contributed by atoms with Gasteiger partial charge in [0.1, 0.15) is 4.60 Å². The lowest BCUT2D eigenvalue weighted by atomic mass is 9.53. The summed E-state index contributed by atoms with van der Waals surface area (Å²) in [4.78, 5) is 4.54. The molecular weight excluding hydrogens is 300 g/mol. The molecule has 0 aromatic carbocycles. The van der Waals surface area contributed by atoms with E-state index in [1.165, 1.54) is 38.5 Å². The van der Waals surface area contributed by atoms with Crippen LogP contribution in [0.1, 0.15) is 44.2 Å². The van der Waals surface area contributed by atoms with Gasteiger partial charge in [0.15, 0.2) is 0 Å². The Labute approximate surface area is 123 Å². The van der Waals surface area contributed by atoms with Gasteiger partial charge in [-0.25, -0.2) is 4.98 Å². The molecule has 2 nitrogen and oxygen atoms in total. The summed E-state index contributed by atoms with van der Waals surface area (Å²) in [6.45, 7) is 0.922. The molecule has 0 aliphatic heterocycles. The van der Waals surface area contributed by atoms with Crippen molar-refractivity contribution in [3.05, 3.63) is 28.5 Å². The molecule has 4 saturated carbocycles. The number of nitrogens with one attached hydrogen (secondary N) is 1. The van der Waals surface area contributed by atoms with Crippen LogP contribution in [0.15, 0.2) is 22.8 Å². The molecule has 0 unspecified atom stereocenters. The van der Waals surface area contributed by atoms with Crippen LogP contribution in [0.25, 0.3) is 0 Å². The van der Waals surface area contributed by atoms with Crippen LogP contribution in [0, 0.1) is 17.8 Å². The van der Waals surface area contributed by atoms with Crippen molar-refractivity contribution in [2.24, 2.45) is 17.8 Å². The predicted octanol–water partition coefficient (Wildman–Crippen LogP) is 3.90. The lowest BCUT2D eigenvalue weighted by Gasteiger charge is -2.57. The predicted molar refractivity (Wildman–Crippen MR) is 79.7 cm³/mol. The minimum Gasteiger partial charge on any atom is -0.306 e. The quantitative estimate of drug-likeness (QED) is 0.854. The van der Waals surface area contributed by atoms with Crippen LogP contribution in [-0.2, 0) is 6.54 Å². The Morgan fingerprint density at radius 3 is 2.32 bits per heavy atom. The van der Waals surface area contributed by atoms with E-state index in [0.717, 1.165) is 34.6 Å². The summed E-state index contributed by atoms with van der Waals surface area (Å²) < 4.78 is 0.942. The topological polar surface area (TPSA) is 24.9 Å². The van der Waals surface area contributed by atoms with Crippen LogP contribution in [0.2, 0.25) is 0 Å². The first-order chi connectivity index (χ1) is 9.21. The highest BCUT2D eigenvalue weighted by molar-refractivity contribution is 9.10. The molecule has 0 radical (unpaired) electrons. The van der Waals surface area contributed by atoms with Crippen molar-refractivity contribution in [3.8, 4) is 0 Å². The third-order valence-corrected chi connectivity index (χ3v) is 5.90. The Kier molecular flexibility index (Phi) is 2.96. The van der Waals surface area contributed by atoms with Gasteiger partial charge < -0.3 is 5.32 Å². The van der Waals surface area contributed by atoms with Crippen LogP contribution in [-0.4, -0.2) is 10.5 Å². The number of rotatable bonds is 3. The van der Waals surface area contributed by atoms with E-state index in [9.17, 15) is 0 Å². The number of halogens is 1. The van der Waals surface area contributed by atoms with E-state index in [1.54, 1.807) is 0 Å². The normalized spacial score (nSPS) is 39.7. The fourth-order valence-electron chi connectivity index (χ4n) is 5.15. The highest BCUT2D eigenvalue weighted by atomic mass is 79.9. The van der Waals surface area contributed by atoms with E-state index in [-0.39, 0.29) is 0 Å². The summed E-state index contributed by atoms with van der Waals surface area (Å²) in [5, 5.41) is 3.89. The summed E-state index contributed by atoms with van der Waals surface area (Å²) in [5.41, 5.74) is 1.60. The molecule has 0 spiro atoms. The van der Waals surface area contributed by atoms with Crippen molar-refractivity contribution in [2.45, 2.75) is 50.6 Å². The van der Waals surface area contributed by atoms with Crippen molar-refractivity contribution in [3.63, 3.8) is 0 Å². The number of hydrogen-bond donors (Lipinski definition) is 1. The molecule has 0 amide bonds. The molecule has 1 aromatic heterocycles. The Morgan fingerprint density at radius 2 is 1.74 bits per heavy atom. The molecule has 1 N–H and O–H groups in total. The first-order valence-corrected chi connectivity index (χ1v) is 8.37. The minimum atomic E-state index is 0.443. The molecule has 4 aliphatic rings. The molecule has 1 heterocycles. The maximum absolute atomic E-state index is 4.54. The highest BCUT2D eigenvalue weighted by Gasteiger charge is 2.50. The maximum Gasteiger partial charge on any atom is 0.106 e.